The molecule has 0 saturated heterocycles. The van der Waals surface area contributed by atoms with Crippen LogP contribution in [-0.2, 0) is 22.6 Å². The van der Waals surface area contributed by atoms with Crippen molar-refractivity contribution in [2.75, 3.05) is 57.6 Å². The van der Waals surface area contributed by atoms with Gasteiger partial charge in [0, 0.05) is 51.0 Å². The van der Waals surface area contributed by atoms with E-state index in [2.05, 4.69) is 10.6 Å². The van der Waals surface area contributed by atoms with Crippen molar-refractivity contribution in [2.45, 2.75) is 31.0 Å². The van der Waals surface area contributed by atoms with E-state index in [1.807, 2.05) is 61.5 Å². The van der Waals surface area contributed by atoms with Gasteiger partial charge in [-0.25, -0.2) is 4.98 Å². The Bertz CT molecular complexity index is 1780. The molecule has 242 valence electrons. The van der Waals surface area contributed by atoms with Crippen molar-refractivity contribution in [3.8, 4) is 23.0 Å². The second-order valence-corrected chi connectivity index (χ2v) is 11.7. The molecular weight excluding hydrogens is 610 g/mol. The van der Waals surface area contributed by atoms with Crippen molar-refractivity contribution >= 4 is 45.9 Å². The minimum absolute atomic E-state index is 0.0363. The summed E-state index contributed by atoms with van der Waals surface area (Å²) in [6.45, 7) is 0.764. The number of aromatic nitrogens is 2. The van der Waals surface area contributed by atoms with Crippen LogP contribution in [0.1, 0.15) is 18.4 Å². The van der Waals surface area contributed by atoms with Gasteiger partial charge in [-0.3, -0.25) is 19.0 Å². The number of ether oxygens (including phenoxy) is 4. The number of nitrogens with one attached hydrogen (secondary N) is 2. The van der Waals surface area contributed by atoms with Gasteiger partial charge in [-0.1, -0.05) is 17.8 Å². The average molecular weight is 648 g/mol. The number of carbonyl (C=O) groups is 2. The van der Waals surface area contributed by atoms with Crippen molar-refractivity contribution in [3.63, 3.8) is 0 Å². The van der Waals surface area contributed by atoms with Crippen molar-refractivity contribution in [2.24, 2.45) is 0 Å². The van der Waals surface area contributed by atoms with Crippen LogP contribution in [0.2, 0.25) is 0 Å². The lowest BCUT2D eigenvalue weighted by Crippen LogP contribution is -2.27. The molecule has 46 heavy (non-hydrogen) atoms. The van der Waals surface area contributed by atoms with Gasteiger partial charge in [0.2, 0.25) is 18.6 Å². The lowest BCUT2D eigenvalue weighted by atomic mass is 10.1. The topological polar surface area (TPSA) is 133 Å². The minimum Gasteiger partial charge on any atom is -0.493 e. The highest BCUT2D eigenvalue weighted by Crippen LogP contribution is 2.35. The predicted molar refractivity (Wildman–Crippen MR) is 178 cm³/mol. The molecule has 0 aliphatic carbocycles. The predicted octanol–water partition coefficient (Wildman–Crippen LogP) is 4.08. The summed E-state index contributed by atoms with van der Waals surface area (Å²) in [7, 11) is 7.06. The number of hydrogen-bond acceptors (Lipinski definition) is 10. The van der Waals surface area contributed by atoms with Gasteiger partial charge >= 0.3 is 0 Å². The first-order valence-corrected chi connectivity index (χ1v) is 15.8. The third kappa shape index (κ3) is 7.83. The Morgan fingerprint density at radius 1 is 0.978 bits per heavy atom. The maximum atomic E-state index is 13.7. The van der Waals surface area contributed by atoms with Crippen molar-refractivity contribution in [1.29, 1.82) is 0 Å². The molecule has 0 fully saturated rings. The number of rotatable bonds is 14. The number of fused-ring (bicyclic) bond motifs is 2. The molecule has 0 radical (unpaired) electrons. The van der Waals surface area contributed by atoms with E-state index in [0.29, 0.717) is 64.1 Å². The maximum Gasteiger partial charge on any atom is 0.262 e. The van der Waals surface area contributed by atoms with Crippen LogP contribution in [0.15, 0.2) is 64.5 Å². The van der Waals surface area contributed by atoms with Gasteiger partial charge in [-0.15, -0.1) is 0 Å². The summed E-state index contributed by atoms with van der Waals surface area (Å²) in [6.07, 6.45) is 1.24. The number of methoxy groups -OCH3 is 2. The number of nitrogens with zero attached hydrogens (tertiary/aromatic N) is 3. The fraction of sp³-hybridized carbons (Fsp3) is 0.333. The van der Waals surface area contributed by atoms with Gasteiger partial charge in [0.05, 0.1) is 30.9 Å². The van der Waals surface area contributed by atoms with Crippen LogP contribution in [-0.4, -0.2) is 68.8 Å². The molecule has 13 heteroatoms. The normalized spacial score (nSPS) is 11.7. The summed E-state index contributed by atoms with van der Waals surface area (Å²) in [5, 5.41) is 6.58. The fourth-order valence-corrected chi connectivity index (χ4v) is 5.76. The highest BCUT2D eigenvalue weighted by molar-refractivity contribution is 7.99. The summed E-state index contributed by atoms with van der Waals surface area (Å²) in [4.78, 5) is 45.8. The number of benzene rings is 3. The van der Waals surface area contributed by atoms with E-state index >= 15 is 0 Å². The summed E-state index contributed by atoms with van der Waals surface area (Å²) in [6, 6.07) is 16.5. The van der Waals surface area contributed by atoms with E-state index in [-0.39, 0.29) is 42.9 Å². The van der Waals surface area contributed by atoms with Gasteiger partial charge in [-0.05, 0) is 60.9 Å². The molecular formula is C33H37N5O7S. The van der Waals surface area contributed by atoms with E-state index in [1.54, 1.807) is 26.4 Å². The number of anilines is 2. The quantitative estimate of drug-likeness (QED) is 0.152. The third-order valence-electron chi connectivity index (χ3n) is 7.38. The van der Waals surface area contributed by atoms with Gasteiger partial charge in [-0.2, -0.15) is 0 Å². The van der Waals surface area contributed by atoms with Crippen molar-refractivity contribution in [3.05, 3.63) is 70.5 Å². The van der Waals surface area contributed by atoms with E-state index in [1.165, 1.54) is 4.57 Å². The second kappa shape index (κ2) is 14.9. The van der Waals surface area contributed by atoms with Gasteiger partial charge in [0.15, 0.2) is 28.2 Å². The number of carbonyl (C=O) groups excluding carboxylic acids is 2. The lowest BCUT2D eigenvalue weighted by Gasteiger charge is -2.14. The zero-order valence-electron chi connectivity index (χ0n) is 26.3. The molecule has 5 rings (SSSR count). The molecule has 1 aromatic heterocycles. The second-order valence-electron chi connectivity index (χ2n) is 10.7. The van der Waals surface area contributed by atoms with Crippen LogP contribution in [0.4, 0.5) is 11.4 Å². The molecule has 0 unspecified atom stereocenters. The molecule has 0 atom stereocenters. The van der Waals surface area contributed by atoms with E-state index < -0.39 is 0 Å². The Balaban J connectivity index is 1.23. The molecule has 2 N–H and O–H groups in total. The Morgan fingerprint density at radius 2 is 1.72 bits per heavy atom. The number of thioether (sulfide) groups is 1. The smallest absolute Gasteiger partial charge is 0.262 e. The van der Waals surface area contributed by atoms with Gasteiger partial charge < -0.3 is 34.5 Å². The SMILES string of the molecule is COc1ccc(CCNC(=O)CCCn2c(SCC(=O)Nc3ccc(N(C)C)cc3)nc3cc4c(cc3c2=O)OCO4)cc1OC. The van der Waals surface area contributed by atoms with E-state index in [4.69, 9.17) is 23.9 Å². The van der Waals surface area contributed by atoms with Crippen molar-refractivity contribution < 1.29 is 28.5 Å². The lowest BCUT2D eigenvalue weighted by molar-refractivity contribution is -0.121. The van der Waals surface area contributed by atoms with Crippen LogP contribution < -0.4 is 40.0 Å². The largest absolute Gasteiger partial charge is 0.493 e. The van der Waals surface area contributed by atoms with E-state index in [0.717, 1.165) is 23.0 Å². The fourth-order valence-electron chi connectivity index (χ4n) is 4.94. The Hall–Kier alpha value is -4.91. The third-order valence-corrected chi connectivity index (χ3v) is 8.36. The highest BCUT2D eigenvalue weighted by Gasteiger charge is 2.20. The molecule has 1 aliphatic rings. The van der Waals surface area contributed by atoms with Crippen LogP contribution in [0.5, 0.6) is 23.0 Å². The molecule has 3 aromatic carbocycles. The number of amides is 2. The zero-order chi connectivity index (χ0) is 32.6. The molecule has 0 spiro atoms. The standard InChI is InChI=1S/C33H37N5O7S/c1-37(2)23-10-8-22(9-11-23)35-31(40)19-46-33-36-25-18-29-28(44-20-45-29)17-24(25)32(41)38(33)15-5-6-30(39)34-14-13-21-7-12-26(42-3)27(16-21)43-4/h7-12,16-18H,5-6,13-15,19-20H2,1-4H3,(H,34,39)(H,35,40). The molecule has 12 nitrogen and oxygen atoms in total. The highest BCUT2D eigenvalue weighted by atomic mass is 32.2. The first kappa shape index (κ1) is 32.5. The molecule has 2 heterocycles. The summed E-state index contributed by atoms with van der Waals surface area (Å²) >= 11 is 1.16. The minimum atomic E-state index is -0.278. The molecule has 2 amide bonds. The Kier molecular flexibility index (Phi) is 10.5. The first-order valence-electron chi connectivity index (χ1n) is 14.8. The maximum absolute atomic E-state index is 13.7. The van der Waals surface area contributed by atoms with Crippen molar-refractivity contribution in [1.82, 2.24) is 14.9 Å². The molecule has 0 bridgehead atoms. The van der Waals surface area contributed by atoms with Gasteiger partial charge in [0.25, 0.3) is 5.56 Å². The first-order chi connectivity index (χ1) is 22.2. The average Bonchev–Trinajstić information content (AvgIpc) is 3.52. The summed E-state index contributed by atoms with van der Waals surface area (Å²) < 4.78 is 23.1. The molecule has 4 aromatic rings. The molecule has 0 saturated carbocycles. The van der Waals surface area contributed by atoms with Crippen LogP contribution >= 0.6 is 11.8 Å². The van der Waals surface area contributed by atoms with Gasteiger partial charge in [0.1, 0.15) is 0 Å². The monoisotopic (exact) mass is 647 g/mol. The van der Waals surface area contributed by atoms with Crippen LogP contribution in [0, 0.1) is 0 Å². The number of hydrogen-bond donors (Lipinski definition) is 2. The Labute approximate surface area is 271 Å². The zero-order valence-corrected chi connectivity index (χ0v) is 27.1. The summed E-state index contributed by atoms with van der Waals surface area (Å²) in [5.74, 6) is 1.95. The van der Waals surface area contributed by atoms with Crippen LogP contribution in [0.3, 0.4) is 0 Å². The van der Waals surface area contributed by atoms with E-state index in [9.17, 15) is 14.4 Å². The Morgan fingerprint density at radius 3 is 2.43 bits per heavy atom. The summed E-state index contributed by atoms with van der Waals surface area (Å²) in [5.41, 5.74) is 2.86. The molecule has 1 aliphatic heterocycles. The van der Waals surface area contributed by atoms with Crippen LogP contribution in [0.25, 0.3) is 10.9 Å².